The zero-order valence-corrected chi connectivity index (χ0v) is 22.8. The van der Waals surface area contributed by atoms with Crippen molar-refractivity contribution in [3.8, 4) is 11.5 Å². The highest BCUT2D eigenvalue weighted by Crippen LogP contribution is 2.23. The van der Waals surface area contributed by atoms with E-state index in [0.29, 0.717) is 29.7 Å². The van der Waals surface area contributed by atoms with Gasteiger partial charge in [0.1, 0.15) is 23.4 Å². The predicted molar refractivity (Wildman–Crippen MR) is 152 cm³/mol. The van der Waals surface area contributed by atoms with Gasteiger partial charge in [-0.15, -0.1) is 0 Å². The van der Waals surface area contributed by atoms with Gasteiger partial charge in [0, 0.05) is 5.69 Å². The number of hydrogen-bond acceptors (Lipinski definition) is 4. The molecule has 3 aromatic rings. The topological polar surface area (TPSA) is 59.6 Å². The average Bonchev–Trinajstić information content (AvgIpc) is 2.90. The van der Waals surface area contributed by atoms with Crippen molar-refractivity contribution in [1.29, 1.82) is 0 Å². The Balaban J connectivity index is 1.53. The third kappa shape index (κ3) is 11.0. The minimum Gasteiger partial charge on any atom is -0.457 e. The summed E-state index contributed by atoms with van der Waals surface area (Å²) >= 11 is 0. The molecule has 0 aliphatic heterocycles. The van der Waals surface area contributed by atoms with Gasteiger partial charge in [-0.05, 0) is 78.9 Å². The fourth-order valence-electron chi connectivity index (χ4n) is 4.09. The summed E-state index contributed by atoms with van der Waals surface area (Å²) in [7, 11) is 0. The third-order valence-electron chi connectivity index (χ3n) is 6.39. The molecule has 3 rings (SSSR count). The lowest BCUT2D eigenvalue weighted by Gasteiger charge is -2.20. The third-order valence-corrected chi connectivity index (χ3v) is 6.39. The largest absolute Gasteiger partial charge is 0.457 e. The highest BCUT2D eigenvalue weighted by Gasteiger charge is 2.19. The van der Waals surface area contributed by atoms with Crippen LogP contribution in [0.3, 0.4) is 0 Å². The van der Waals surface area contributed by atoms with Crippen LogP contribution in [0.15, 0.2) is 78.9 Å². The summed E-state index contributed by atoms with van der Waals surface area (Å²) in [5.74, 6) is 2.02. The molecule has 0 spiro atoms. The van der Waals surface area contributed by atoms with Crippen LogP contribution < -0.4 is 15.4 Å². The summed E-state index contributed by atoms with van der Waals surface area (Å²) < 4.78 is 24.8. The second-order valence-electron chi connectivity index (χ2n) is 10.3. The van der Waals surface area contributed by atoms with Gasteiger partial charge in [0.25, 0.3) is 0 Å². The molecule has 0 aromatic heterocycles. The van der Waals surface area contributed by atoms with E-state index < -0.39 is 6.04 Å². The number of carbonyl (C=O) groups excluding carboxylic acids is 1. The Morgan fingerprint density at radius 2 is 1.50 bits per heavy atom. The van der Waals surface area contributed by atoms with Gasteiger partial charge in [-0.2, -0.15) is 0 Å². The summed E-state index contributed by atoms with van der Waals surface area (Å²) in [6.45, 7) is 8.27. The van der Waals surface area contributed by atoms with E-state index in [4.69, 9.17) is 9.47 Å². The number of nitrogens with one attached hydrogen (secondary N) is 2. The molecule has 5 nitrogen and oxygen atoms in total. The monoisotopic (exact) mass is 520 g/mol. The van der Waals surface area contributed by atoms with E-state index in [1.807, 2.05) is 30.3 Å². The first-order valence-electron chi connectivity index (χ1n) is 13.6. The molecule has 2 N–H and O–H groups in total. The van der Waals surface area contributed by atoms with Crippen molar-refractivity contribution in [3.63, 3.8) is 0 Å². The van der Waals surface area contributed by atoms with Gasteiger partial charge in [-0.1, -0.05) is 70.4 Å². The second-order valence-corrected chi connectivity index (χ2v) is 10.3. The number of amides is 1. The van der Waals surface area contributed by atoms with Gasteiger partial charge in [-0.3, -0.25) is 4.79 Å². The molecule has 0 bridgehead atoms. The fraction of sp³-hybridized carbons (Fsp3) is 0.406. The number of benzene rings is 3. The molecule has 2 atom stereocenters. The maximum Gasteiger partial charge on any atom is 0.243 e. The summed E-state index contributed by atoms with van der Waals surface area (Å²) in [5.41, 5.74) is 1.74. The van der Waals surface area contributed by atoms with Crippen molar-refractivity contribution in [3.05, 3.63) is 90.2 Å². The highest BCUT2D eigenvalue weighted by molar-refractivity contribution is 5.95. The molecule has 0 radical (unpaired) electrons. The lowest BCUT2D eigenvalue weighted by Crippen LogP contribution is -2.44. The molecule has 204 valence electrons. The van der Waals surface area contributed by atoms with Crippen LogP contribution in [-0.2, 0) is 16.1 Å². The van der Waals surface area contributed by atoms with E-state index in [1.165, 1.54) is 31.4 Å². The number of hydrogen-bond donors (Lipinski definition) is 2. The normalized spacial score (nSPS) is 12.8. The highest BCUT2D eigenvalue weighted by atomic mass is 19.1. The molecule has 1 amide bonds. The lowest BCUT2D eigenvalue weighted by atomic mass is 9.97. The molecule has 0 saturated carbocycles. The zero-order valence-electron chi connectivity index (χ0n) is 22.8. The maximum atomic E-state index is 13.2. The zero-order chi connectivity index (χ0) is 27.2. The van der Waals surface area contributed by atoms with Crippen LogP contribution in [0, 0.1) is 17.7 Å². The molecule has 0 fully saturated rings. The average molecular weight is 521 g/mol. The molecule has 38 heavy (non-hydrogen) atoms. The second kappa shape index (κ2) is 15.9. The van der Waals surface area contributed by atoms with Gasteiger partial charge in [0.2, 0.25) is 5.91 Å². The van der Waals surface area contributed by atoms with Crippen LogP contribution in [0.4, 0.5) is 10.1 Å². The number of rotatable bonds is 16. The summed E-state index contributed by atoms with van der Waals surface area (Å²) in [6, 6.07) is 22.4. The van der Waals surface area contributed by atoms with E-state index in [0.717, 1.165) is 24.4 Å². The van der Waals surface area contributed by atoms with Crippen LogP contribution in [0.1, 0.15) is 52.0 Å². The first-order valence-corrected chi connectivity index (χ1v) is 13.6. The summed E-state index contributed by atoms with van der Waals surface area (Å²) in [6.07, 6.45) is 4.71. The fourth-order valence-corrected chi connectivity index (χ4v) is 4.09. The van der Waals surface area contributed by atoms with Crippen LogP contribution >= 0.6 is 0 Å². The van der Waals surface area contributed by atoms with Crippen molar-refractivity contribution in [2.45, 2.75) is 59.1 Å². The Labute approximate surface area is 226 Å². The van der Waals surface area contributed by atoms with Crippen molar-refractivity contribution < 1.29 is 18.7 Å². The van der Waals surface area contributed by atoms with Gasteiger partial charge in [-0.25, -0.2) is 4.39 Å². The van der Waals surface area contributed by atoms with Crippen molar-refractivity contribution in [2.75, 3.05) is 18.5 Å². The minimum absolute atomic E-state index is 0.141. The van der Waals surface area contributed by atoms with Gasteiger partial charge < -0.3 is 20.1 Å². The number of halogens is 1. The SMILES string of the molecule is CC(C)CCC[C@H](C)CCN[C@@H](COCc1ccccc1)C(=O)Nc1ccc(Oc2ccc(F)cc2)cc1. The van der Waals surface area contributed by atoms with Crippen LogP contribution in [0.2, 0.25) is 0 Å². The maximum absolute atomic E-state index is 13.2. The van der Waals surface area contributed by atoms with Crippen molar-refractivity contribution in [2.24, 2.45) is 11.8 Å². The molecule has 6 heteroatoms. The molecule has 0 heterocycles. The Morgan fingerprint density at radius 1 is 0.842 bits per heavy atom. The van der Waals surface area contributed by atoms with Crippen LogP contribution in [0.5, 0.6) is 11.5 Å². The Morgan fingerprint density at radius 3 is 2.16 bits per heavy atom. The Hall–Kier alpha value is -3.22. The van der Waals surface area contributed by atoms with Gasteiger partial charge >= 0.3 is 0 Å². The van der Waals surface area contributed by atoms with Gasteiger partial charge in [0.15, 0.2) is 0 Å². The van der Waals surface area contributed by atoms with E-state index in [1.54, 1.807) is 36.4 Å². The standard InChI is InChI=1S/C32H41FN2O3/c1-24(2)8-7-9-25(3)20-21-34-31(23-37-22-26-10-5-4-6-11-26)32(36)35-28-14-18-30(19-15-28)38-29-16-12-27(33)13-17-29/h4-6,10-19,24-25,31,34H,7-9,20-23H2,1-3H3,(H,35,36)/t25-,31-/m0/s1. The van der Waals surface area contributed by atoms with Crippen LogP contribution in [0.25, 0.3) is 0 Å². The minimum atomic E-state index is -0.475. The first-order chi connectivity index (χ1) is 18.4. The van der Waals surface area contributed by atoms with Gasteiger partial charge in [0.05, 0.1) is 13.2 Å². The number of ether oxygens (including phenoxy) is 2. The molecular weight excluding hydrogens is 479 g/mol. The van der Waals surface area contributed by atoms with Crippen LogP contribution in [-0.4, -0.2) is 25.1 Å². The van der Waals surface area contributed by atoms with E-state index >= 15 is 0 Å². The first kappa shape index (κ1) is 29.3. The molecule has 0 aliphatic rings. The Kier molecular flexibility index (Phi) is 12.3. The predicted octanol–water partition coefficient (Wildman–Crippen LogP) is 7.58. The summed E-state index contributed by atoms with van der Waals surface area (Å²) in [4.78, 5) is 13.2. The van der Waals surface area contributed by atoms with Crippen molar-refractivity contribution in [1.82, 2.24) is 5.32 Å². The Bertz CT molecular complexity index is 1070. The number of anilines is 1. The molecular formula is C32H41FN2O3. The summed E-state index contributed by atoms with van der Waals surface area (Å²) in [5, 5.41) is 6.40. The molecule has 0 unspecified atom stereocenters. The molecule has 3 aromatic carbocycles. The van der Waals surface area contributed by atoms with Crippen molar-refractivity contribution >= 4 is 11.6 Å². The molecule has 0 saturated heterocycles. The number of carbonyl (C=O) groups is 1. The quantitative estimate of drug-likeness (QED) is 0.204. The smallest absolute Gasteiger partial charge is 0.243 e. The molecule has 0 aliphatic carbocycles. The lowest BCUT2D eigenvalue weighted by molar-refractivity contribution is -0.119. The van der Waals surface area contributed by atoms with E-state index in [9.17, 15) is 9.18 Å². The van der Waals surface area contributed by atoms with E-state index in [2.05, 4.69) is 31.4 Å². The van der Waals surface area contributed by atoms with E-state index in [-0.39, 0.29) is 18.3 Å².